The molecule has 0 radical (unpaired) electrons. The van der Waals surface area contributed by atoms with Crippen LogP contribution < -0.4 is 16.0 Å². The van der Waals surface area contributed by atoms with Gasteiger partial charge in [0.2, 0.25) is 5.91 Å². The first-order valence-electron chi connectivity index (χ1n) is 8.39. The highest BCUT2D eigenvalue weighted by Gasteiger charge is 2.18. The molecule has 2 amide bonds. The van der Waals surface area contributed by atoms with Crippen LogP contribution in [0.3, 0.4) is 0 Å². The summed E-state index contributed by atoms with van der Waals surface area (Å²) in [5.41, 5.74) is 1.49. The van der Waals surface area contributed by atoms with Crippen LogP contribution in [-0.2, 0) is 9.53 Å². The zero-order chi connectivity index (χ0) is 18.4. The standard InChI is InChI=1S/C19H20ClN3O3.ClH/c20-17-7-6-14(22-18(24)11-15-12-26-9-8-21-15)10-16(17)19(25)23-13-4-2-1-3-5-13;/h1-7,10,15,21H,8-9,11-12H2,(H,22,24)(H,23,25);1H. The van der Waals surface area contributed by atoms with Crippen molar-refractivity contribution in [3.63, 3.8) is 0 Å². The molecular weight excluding hydrogens is 389 g/mol. The van der Waals surface area contributed by atoms with Crippen molar-refractivity contribution in [2.75, 3.05) is 30.4 Å². The van der Waals surface area contributed by atoms with Crippen LogP contribution in [0.1, 0.15) is 16.8 Å². The van der Waals surface area contributed by atoms with Crippen LogP contribution in [0.4, 0.5) is 11.4 Å². The van der Waals surface area contributed by atoms with Gasteiger partial charge < -0.3 is 20.7 Å². The molecule has 2 aromatic rings. The molecule has 1 aliphatic heterocycles. The molecule has 0 spiro atoms. The first-order chi connectivity index (χ1) is 12.6. The summed E-state index contributed by atoms with van der Waals surface area (Å²) in [6.45, 7) is 1.91. The molecule has 3 N–H and O–H groups in total. The number of benzene rings is 2. The van der Waals surface area contributed by atoms with Gasteiger partial charge in [-0.15, -0.1) is 12.4 Å². The van der Waals surface area contributed by atoms with Gasteiger partial charge in [-0.25, -0.2) is 0 Å². The lowest BCUT2D eigenvalue weighted by molar-refractivity contribution is -0.117. The Balaban J connectivity index is 0.00000261. The number of ether oxygens (including phenoxy) is 1. The molecule has 8 heteroatoms. The molecule has 1 atom stereocenters. The average Bonchev–Trinajstić information content (AvgIpc) is 2.65. The van der Waals surface area contributed by atoms with Gasteiger partial charge in [-0.2, -0.15) is 0 Å². The molecule has 6 nitrogen and oxygen atoms in total. The molecule has 1 saturated heterocycles. The second-order valence-electron chi connectivity index (χ2n) is 5.99. The van der Waals surface area contributed by atoms with Gasteiger partial charge >= 0.3 is 0 Å². The van der Waals surface area contributed by atoms with Crippen LogP contribution in [0.15, 0.2) is 48.5 Å². The maximum absolute atomic E-state index is 12.5. The van der Waals surface area contributed by atoms with Crippen LogP contribution >= 0.6 is 24.0 Å². The highest BCUT2D eigenvalue weighted by atomic mass is 35.5. The second-order valence-corrected chi connectivity index (χ2v) is 6.40. The van der Waals surface area contributed by atoms with E-state index >= 15 is 0 Å². The number of hydrogen-bond acceptors (Lipinski definition) is 4. The Morgan fingerprint density at radius 1 is 1.11 bits per heavy atom. The Hall–Kier alpha value is -2.12. The lowest BCUT2D eigenvalue weighted by atomic mass is 10.1. The molecule has 1 heterocycles. The monoisotopic (exact) mass is 409 g/mol. The molecule has 1 fully saturated rings. The highest BCUT2D eigenvalue weighted by Crippen LogP contribution is 2.22. The van der Waals surface area contributed by atoms with Crippen LogP contribution in [0.2, 0.25) is 5.02 Å². The van der Waals surface area contributed by atoms with Gasteiger partial charge in [0.1, 0.15) is 0 Å². The summed E-state index contributed by atoms with van der Waals surface area (Å²) in [5, 5.41) is 9.13. The minimum atomic E-state index is -0.334. The van der Waals surface area contributed by atoms with E-state index in [9.17, 15) is 9.59 Å². The molecule has 27 heavy (non-hydrogen) atoms. The SMILES string of the molecule is Cl.O=C(CC1COCCN1)Nc1ccc(Cl)c(C(=O)Nc2ccccc2)c1. The van der Waals surface area contributed by atoms with Gasteiger partial charge in [-0.1, -0.05) is 29.8 Å². The van der Waals surface area contributed by atoms with Crippen molar-refractivity contribution in [1.29, 1.82) is 0 Å². The van der Waals surface area contributed by atoms with Crippen molar-refractivity contribution in [3.05, 3.63) is 59.1 Å². The smallest absolute Gasteiger partial charge is 0.257 e. The molecule has 0 bridgehead atoms. The number of anilines is 2. The highest BCUT2D eigenvalue weighted by molar-refractivity contribution is 6.34. The van der Waals surface area contributed by atoms with Crippen LogP contribution in [0.5, 0.6) is 0 Å². The normalized spacial score (nSPS) is 16.1. The van der Waals surface area contributed by atoms with E-state index in [-0.39, 0.29) is 30.3 Å². The number of carbonyl (C=O) groups is 2. The second kappa shape index (κ2) is 10.3. The van der Waals surface area contributed by atoms with Crippen molar-refractivity contribution >= 4 is 47.2 Å². The van der Waals surface area contributed by atoms with Crippen molar-refractivity contribution in [2.45, 2.75) is 12.5 Å². The summed E-state index contributed by atoms with van der Waals surface area (Å²) in [4.78, 5) is 24.7. The molecule has 1 aliphatic rings. The van der Waals surface area contributed by atoms with Crippen LogP contribution in [0, 0.1) is 0 Å². The third-order valence-corrected chi connectivity index (χ3v) is 4.29. The molecule has 0 aromatic heterocycles. The molecule has 0 aliphatic carbocycles. The Bertz CT molecular complexity index is 781. The molecule has 144 valence electrons. The predicted molar refractivity (Wildman–Crippen MR) is 109 cm³/mol. The number of morpholine rings is 1. The minimum Gasteiger partial charge on any atom is -0.378 e. The van der Waals surface area contributed by atoms with E-state index in [1.807, 2.05) is 18.2 Å². The van der Waals surface area contributed by atoms with E-state index in [0.717, 1.165) is 6.54 Å². The molecule has 0 saturated carbocycles. The Morgan fingerprint density at radius 2 is 1.89 bits per heavy atom. The third-order valence-electron chi connectivity index (χ3n) is 3.96. The van der Waals surface area contributed by atoms with Crippen molar-refractivity contribution in [1.82, 2.24) is 5.32 Å². The third kappa shape index (κ3) is 6.22. The predicted octanol–water partition coefficient (Wildman–Crippen LogP) is 3.33. The summed E-state index contributed by atoms with van der Waals surface area (Å²) in [6.07, 6.45) is 0.300. The fourth-order valence-electron chi connectivity index (χ4n) is 2.68. The lowest BCUT2D eigenvalue weighted by Gasteiger charge is -2.23. The Morgan fingerprint density at radius 3 is 2.59 bits per heavy atom. The summed E-state index contributed by atoms with van der Waals surface area (Å²) >= 11 is 6.15. The maximum atomic E-state index is 12.5. The topological polar surface area (TPSA) is 79.5 Å². The van der Waals surface area contributed by atoms with Crippen molar-refractivity contribution < 1.29 is 14.3 Å². The van der Waals surface area contributed by atoms with E-state index in [1.165, 1.54) is 0 Å². The first kappa shape index (κ1) is 21.2. The fourth-order valence-corrected chi connectivity index (χ4v) is 2.89. The first-order valence-corrected chi connectivity index (χ1v) is 8.76. The van der Waals surface area contributed by atoms with Gasteiger partial charge in [-0.3, -0.25) is 9.59 Å². The van der Waals surface area contributed by atoms with E-state index in [4.69, 9.17) is 16.3 Å². The Kier molecular flexibility index (Phi) is 8.06. The maximum Gasteiger partial charge on any atom is 0.257 e. The number of rotatable bonds is 5. The number of halogens is 2. The molecule has 1 unspecified atom stereocenters. The number of para-hydroxylation sites is 1. The molecule has 3 rings (SSSR count). The van der Waals surface area contributed by atoms with Crippen molar-refractivity contribution in [3.8, 4) is 0 Å². The summed E-state index contributed by atoms with van der Waals surface area (Å²) in [5.74, 6) is -0.482. The van der Waals surface area contributed by atoms with E-state index in [0.29, 0.717) is 41.6 Å². The van der Waals surface area contributed by atoms with Crippen LogP contribution in [-0.4, -0.2) is 37.6 Å². The summed E-state index contributed by atoms with van der Waals surface area (Å²) in [6, 6.07) is 13.9. The van der Waals surface area contributed by atoms with Crippen LogP contribution in [0.25, 0.3) is 0 Å². The zero-order valence-electron chi connectivity index (χ0n) is 14.5. The van der Waals surface area contributed by atoms with E-state index in [2.05, 4.69) is 16.0 Å². The van der Waals surface area contributed by atoms with Gasteiger partial charge in [-0.05, 0) is 30.3 Å². The van der Waals surface area contributed by atoms with Gasteiger partial charge in [0.25, 0.3) is 5.91 Å². The summed E-state index contributed by atoms with van der Waals surface area (Å²) in [7, 11) is 0. The van der Waals surface area contributed by atoms with Gasteiger partial charge in [0.15, 0.2) is 0 Å². The quantitative estimate of drug-likeness (QED) is 0.707. The fraction of sp³-hybridized carbons (Fsp3) is 0.263. The number of nitrogens with one attached hydrogen (secondary N) is 3. The largest absolute Gasteiger partial charge is 0.378 e. The number of hydrogen-bond donors (Lipinski definition) is 3. The average molecular weight is 410 g/mol. The Labute approximate surface area is 169 Å². The number of carbonyl (C=O) groups excluding carboxylic acids is 2. The van der Waals surface area contributed by atoms with Gasteiger partial charge in [0, 0.05) is 30.4 Å². The van der Waals surface area contributed by atoms with E-state index < -0.39 is 0 Å². The van der Waals surface area contributed by atoms with Crippen molar-refractivity contribution in [2.24, 2.45) is 0 Å². The molecule has 2 aromatic carbocycles. The molecular formula is C19H21Cl2N3O3. The zero-order valence-corrected chi connectivity index (χ0v) is 16.1. The minimum absolute atomic E-state index is 0. The summed E-state index contributed by atoms with van der Waals surface area (Å²) < 4.78 is 5.34. The van der Waals surface area contributed by atoms with E-state index in [1.54, 1.807) is 30.3 Å². The van der Waals surface area contributed by atoms with Gasteiger partial charge in [0.05, 0.1) is 23.8 Å². The lowest BCUT2D eigenvalue weighted by Crippen LogP contribution is -2.43. The number of amides is 2.